The predicted molar refractivity (Wildman–Crippen MR) is 119 cm³/mol. The summed E-state index contributed by atoms with van der Waals surface area (Å²) in [6.07, 6.45) is -1.39. The number of carbonyl (C=O) groups excluding carboxylic acids is 3. The van der Waals surface area contributed by atoms with Crippen LogP contribution < -0.4 is 15.8 Å². The van der Waals surface area contributed by atoms with Gasteiger partial charge in [0.1, 0.15) is 11.6 Å². The first-order valence-corrected chi connectivity index (χ1v) is 10.9. The number of esters is 1. The highest BCUT2D eigenvalue weighted by Crippen LogP contribution is 2.53. The van der Waals surface area contributed by atoms with Gasteiger partial charge in [0, 0.05) is 23.1 Å². The van der Waals surface area contributed by atoms with Gasteiger partial charge in [-0.3, -0.25) is 14.4 Å². The lowest BCUT2D eigenvalue weighted by molar-refractivity contribution is -0.147. The van der Waals surface area contributed by atoms with E-state index in [0.29, 0.717) is 12.0 Å². The van der Waals surface area contributed by atoms with Gasteiger partial charge in [-0.1, -0.05) is 6.07 Å². The number of ether oxygens (including phenoxy) is 2. The van der Waals surface area contributed by atoms with Crippen LogP contribution in [0.2, 0.25) is 0 Å². The van der Waals surface area contributed by atoms with Crippen molar-refractivity contribution in [3.05, 3.63) is 65.0 Å². The van der Waals surface area contributed by atoms with Crippen LogP contribution in [-0.2, 0) is 9.53 Å². The molecule has 2 saturated carbocycles. The van der Waals surface area contributed by atoms with E-state index in [-0.39, 0.29) is 40.4 Å². The Bertz CT molecular complexity index is 1240. The van der Waals surface area contributed by atoms with Crippen LogP contribution in [0.4, 0.5) is 13.2 Å². The average Bonchev–Trinajstić information content (AvgIpc) is 3.42. The fourth-order valence-corrected chi connectivity index (χ4v) is 5.22. The summed E-state index contributed by atoms with van der Waals surface area (Å²) in [5.74, 6) is -4.48. The first-order valence-electron chi connectivity index (χ1n) is 10.9. The highest BCUT2D eigenvalue weighted by atomic mass is 19.3. The van der Waals surface area contributed by atoms with Crippen LogP contribution in [0.25, 0.3) is 11.1 Å². The van der Waals surface area contributed by atoms with E-state index in [1.807, 2.05) is 0 Å². The standard InChI is InChI=1S/C25H23F3N2O5/c1-34-19-6-4-11(14-8-12(23(29)31)3-5-18(14)26)7-17(19)24(32)30-21-13-9-15(16(10-13)22(27)28)20(21)25(33)35-2/h3-8,13,15,20-21H,9-10H2,1-2H3,(H2,29,31)(H,30,32)/t13-,15+,20+,21-/m1/s1. The lowest BCUT2D eigenvalue weighted by Crippen LogP contribution is -2.47. The number of fused-ring (bicyclic) bond motifs is 2. The molecule has 7 nitrogen and oxygen atoms in total. The third-order valence-electron chi connectivity index (χ3n) is 6.83. The number of hydrogen-bond donors (Lipinski definition) is 2. The number of hydrogen-bond acceptors (Lipinski definition) is 5. The van der Waals surface area contributed by atoms with E-state index in [9.17, 15) is 27.6 Å². The first kappa shape index (κ1) is 24.3. The Hall–Kier alpha value is -3.82. The lowest BCUT2D eigenvalue weighted by atomic mass is 9.81. The van der Waals surface area contributed by atoms with E-state index in [4.69, 9.17) is 15.2 Å². The van der Waals surface area contributed by atoms with Crippen molar-refractivity contribution >= 4 is 17.8 Å². The average molecular weight is 488 g/mol. The maximum atomic E-state index is 14.5. The van der Waals surface area contributed by atoms with E-state index in [1.165, 1.54) is 44.6 Å². The molecule has 2 fully saturated rings. The van der Waals surface area contributed by atoms with Crippen LogP contribution in [0.5, 0.6) is 5.75 Å². The number of allylic oxidation sites excluding steroid dienone is 1. The second-order valence-corrected chi connectivity index (χ2v) is 8.61. The van der Waals surface area contributed by atoms with Gasteiger partial charge in [-0.05, 0) is 60.2 Å². The molecule has 0 heterocycles. The molecule has 0 aromatic heterocycles. The summed E-state index contributed by atoms with van der Waals surface area (Å²) in [6.45, 7) is 0. The highest BCUT2D eigenvalue weighted by Gasteiger charge is 2.55. The number of amides is 2. The Labute approximate surface area is 199 Å². The van der Waals surface area contributed by atoms with Crippen molar-refractivity contribution in [2.75, 3.05) is 14.2 Å². The van der Waals surface area contributed by atoms with Gasteiger partial charge in [-0.2, -0.15) is 8.78 Å². The molecule has 0 radical (unpaired) electrons. The van der Waals surface area contributed by atoms with Gasteiger partial charge >= 0.3 is 5.97 Å². The minimum Gasteiger partial charge on any atom is -0.496 e. The Morgan fingerprint density at radius 3 is 2.46 bits per heavy atom. The smallest absolute Gasteiger partial charge is 0.311 e. The van der Waals surface area contributed by atoms with Gasteiger partial charge < -0.3 is 20.5 Å². The number of methoxy groups -OCH3 is 2. The molecule has 2 amide bonds. The van der Waals surface area contributed by atoms with Gasteiger partial charge in [-0.25, -0.2) is 4.39 Å². The van der Waals surface area contributed by atoms with Gasteiger partial charge in [0.2, 0.25) is 5.91 Å². The summed E-state index contributed by atoms with van der Waals surface area (Å²) in [4.78, 5) is 37.3. The van der Waals surface area contributed by atoms with Crippen molar-refractivity contribution in [2.24, 2.45) is 23.5 Å². The van der Waals surface area contributed by atoms with E-state index < -0.39 is 47.6 Å². The van der Waals surface area contributed by atoms with Crippen molar-refractivity contribution in [1.82, 2.24) is 5.32 Å². The second-order valence-electron chi connectivity index (χ2n) is 8.61. The Kier molecular flexibility index (Phi) is 6.56. The Morgan fingerprint density at radius 1 is 1.09 bits per heavy atom. The normalized spacial score (nSPS) is 22.6. The van der Waals surface area contributed by atoms with Crippen LogP contribution in [0, 0.1) is 23.6 Å². The van der Waals surface area contributed by atoms with Crippen LogP contribution in [-0.4, -0.2) is 38.0 Å². The molecular formula is C25H23F3N2O5. The van der Waals surface area contributed by atoms with E-state index in [2.05, 4.69) is 5.32 Å². The van der Waals surface area contributed by atoms with Crippen molar-refractivity contribution in [2.45, 2.75) is 18.9 Å². The van der Waals surface area contributed by atoms with Crippen molar-refractivity contribution in [3.63, 3.8) is 0 Å². The maximum absolute atomic E-state index is 14.5. The summed E-state index contributed by atoms with van der Waals surface area (Å²) < 4.78 is 51.4. The van der Waals surface area contributed by atoms with Gasteiger partial charge in [0.25, 0.3) is 12.0 Å². The molecule has 0 unspecified atom stereocenters. The number of nitrogens with two attached hydrogens (primary N) is 1. The van der Waals surface area contributed by atoms with Crippen molar-refractivity contribution in [3.8, 4) is 16.9 Å². The number of primary amides is 1. The minimum atomic E-state index is -1.80. The number of halogens is 3. The summed E-state index contributed by atoms with van der Waals surface area (Å²) >= 11 is 0. The summed E-state index contributed by atoms with van der Waals surface area (Å²) in [7, 11) is 2.53. The van der Waals surface area contributed by atoms with E-state index >= 15 is 0 Å². The largest absolute Gasteiger partial charge is 0.496 e. The zero-order valence-electron chi connectivity index (χ0n) is 18.9. The molecule has 10 heteroatoms. The molecule has 4 atom stereocenters. The molecule has 2 aliphatic rings. The third kappa shape index (κ3) is 4.36. The topological polar surface area (TPSA) is 108 Å². The fourth-order valence-electron chi connectivity index (χ4n) is 5.22. The SMILES string of the molecule is COC(=O)[C@@H]1[C@H](NC(=O)c2cc(-c3cc(C(N)=O)ccc3F)ccc2OC)[C@H]2CC(=C(F)F)[C@@H]1C2. The summed E-state index contributed by atoms with van der Waals surface area (Å²) in [5.41, 5.74) is 5.72. The van der Waals surface area contributed by atoms with Crippen LogP contribution >= 0.6 is 0 Å². The number of rotatable bonds is 6. The molecule has 0 aliphatic heterocycles. The quantitative estimate of drug-likeness (QED) is 0.604. The maximum Gasteiger partial charge on any atom is 0.311 e. The predicted octanol–water partition coefficient (Wildman–Crippen LogP) is 3.68. The van der Waals surface area contributed by atoms with Gasteiger partial charge in [0.15, 0.2) is 0 Å². The summed E-state index contributed by atoms with van der Waals surface area (Å²) in [6, 6.07) is 7.31. The second kappa shape index (κ2) is 9.44. The van der Waals surface area contributed by atoms with E-state index in [1.54, 1.807) is 0 Å². The molecular weight excluding hydrogens is 465 g/mol. The van der Waals surface area contributed by atoms with Crippen LogP contribution in [0.3, 0.4) is 0 Å². The van der Waals surface area contributed by atoms with Gasteiger partial charge in [-0.15, -0.1) is 0 Å². The summed E-state index contributed by atoms with van der Waals surface area (Å²) in [5, 5.41) is 2.79. The van der Waals surface area contributed by atoms with Gasteiger partial charge in [0.05, 0.1) is 25.7 Å². The Balaban J connectivity index is 1.67. The third-order valence-corrected chi connectivity index (χ3v) is 6.83. The van der Waals surface area contributed by atoms with Crippen LogP contribution in [0.1, 0.15) is 33.6 Å². The molecule has 4 rings (SSSR count). The molecule has 35 heavy (non-hydrogen) atoms. The Morgan fingerprint density at radius 2 is 1.83 bits per heavy atom. The van der Waals surface area contributed by atoms with Crippen molar-refractivity contribution < 1.29 is 37.0 Å². The zero-order chi connectivity index (χ0) is 25.4. The monoisotopic (exact) mass is 488 g/mol. The lowest BCUT2D eigenvalue weighted by Gasteiger charge is -2.31. The fraction of sp³-hybridized carbons (Fsp3) is 0.320. The minimum absolute atomic E-state index is 0.0488. The highest BCUT2D eigenvalue weighted by molar-refractivity contribution is 5.99. The molecule has 2 aromatic rings. The molecule has 2 aromatic carbocycles. The molecule has 3 N–H and O–H groups in total. The first-order chi connectivity index (χ1) is 16.7. The van der Waals surface area contributed by atoms with E-state index in [0.717, 1.165) is 6.07 Å². The molecule has 2 bridgehead atoms. The molecule has 2 aliphatic carbocycles. The number of nitrogens with one attached hydrogen (secondary N) is 1. The van der Waals surface area contributed by atoms with Crippen molar-refractivity contribution in [1.29, 1.82) is 0 Å². The number of carbonyl (C=O) groups is 3. The molecule has 0 saturated heterocycles. The van der Waals surface area contributed by atoms with Crippen LogP contribution in [0.15, 0.2) is 48.1 Å². The molecule has 184 valence electrons. The number of benzene rings is 2. The zero-order valence-corrected chi connectivity index (χ0v) is 18.9. The molecule has 0 spiro atoms.